The number of aromatic nitrogens is 3. The van der Waals surface area contributed by atoms with Gasteiger partial charge in [-0.15, -0.1) is 0 Å². The fourth-order valence-electron chi connectivity index (χ4n) is 0.947. The summed E-state index contributed by atoms with van der Waals surface area (Å²) in [5, 5.41) is 16.8. The Labute approximate surface area is 62.5 Å². The molecule has 0 bridgehead atoms. The van der Waals surface area contributed by atoms with E-state index in [9.17, 15) is 0 Å². The van der Waals surface area contributed by atoms with Crippen molar-refractivity contribution >= 4 is 10.9 Å². The van der Waals surface area contributed by atoms with Crippen LogP contribution in [-0.2, 0) is 0 Å². The maximum atomic E-state index is 8.52. The number of fused-ring (bicyclic) bond motifs is 1. The summed E-state index contributed by atoms with van der Waals surface area (Å²) >= 11 is 0. The number of H-pyrrole nitrogens is 1. The van der Waals surface area contributed by atoms with Crippen molar-refractivity contribution in [2.45, 2.75) is 0 Å². The van der Waals surface area contributed by atoms with Crippen LogP contribution in [0.5, 0.6) is 0 Å². The Morgan fingerprint density at radius 3 is 2.91 bits per heavy atom. The maximum absolute atomic E-state index is 8.52. The Bertz CT molecular complexity index is 390. The van der Waals surface area contributed by atoms with Gasteiger partial charge in [-0.25, -0.2) is 0 Å². The van der Waals surface area contributed by atoms with Gasteiger partial charge in [0.15, 0.2) is 0 Å². The van der Waals surface area contributed by atoms with E-state index in [4.69, 9.17) is 5.26 Å². The molecule has 0 aliphatic carbocycles. The first-order valence-electron chi connectivity index (χ1n) is 3.09. The highest BCUT2D eigenvalue weighted by molar-refractivity contribution is 5.79. The second-order valence-electron chi connectivity index (χ2n) is 2.15. The van der Waals surface area contributed by atoms with Gasteiger partial charge in [0.05, 0.1) is 17.9 Å². The molecule has 52 valence electrons. The lowest BCUT2D eigenvalue weighted by atomic mass is 10.3. The molecule has 0 atom stereocenters. The molecular formula is C7H4N4. The molecule has 0 aromatic carbocycles. The highest BCUT2D eigenvalue weighted by Gasteiger charge is 1.97. The lowest BCUT2D eigenvalue weighted by molar-refractivity contribution is 1.05. The quantitative estimate of drug-likeness (QED) is 0.595. The second-order valence-corrected chi connectivity index (χ2v) is 2.15. The fourth-order valence-corrected chi connectivity index (χ4v) is 0.947. The van der Waals surface area contributed by atoms with Crippen molar-refractivity contribution in [2.75, 3.05) is 0 Å². The van der Waals surface area contributed by atoms with Gasteiger partial charge in [0, 0.05) is 5.39 Å². The predicted molar refractivity (Wildman–Crippen MR) is 38.6 cm³/mol. The Kier molecular flexibility index (Phi) is 1.10. The summed E-state index contributed by atoms with van der Waals surface area (Å²) in [5.74, 6) is 0. The van der Waals surface area contributed by atoms with Gasteiger partial charge >= 0.3 is 0 Å². The number of nitrogens with one attached hydrogen (secondary N) is 1. The summed E-state index contributed by atoms with van der Waals surface area (Å²) in [4.78, 5) is 2.88. The minimum Gasteiger partial charge on any atom is -0.345 e. The van der Waals surface area contributed by atoms with Crippen molar-refractivity contribution < 1.29 is 0 Å². The number of nitriles is 1. The third kappa shape index (κ3) is 0.829. The van der Waals surface area contributed by atoms with Crippen molar-refractivity contribution in [3.63, 3.8) is 0 Å². The van der Waals surface area contributed by atoms with E-state index >= 15 is 0 Å². The van der Waals surface area contributed by atoms with Crippen molar-refractivity contribution in [3.8, 4) is 6.07 Å². The van der Waals surface area contributed by atoms with Gasteiger partial charge in [-0.05, 0) is 6.07 Å². The maximum Gasteiger partial charge on any atom is 0.118 e. The SMILES string of the molecule is N#Cc1cc2cnncc2[nH]1. The largest absolute Gasteiger partial charge is 0.345 e. The van der Waals surface area contributed by atoms with Gasteiger partial charge in [-0.3, -0.25) is 0 Å². The summed E-state index contributed by atoms with van der Waals surface area (Å²) in [6.07, 6.45) is 3.21. The molecule has 0 amide bonds. The van der Waals surface area contributed by atoms with Gasteiger partial charge in [-0.2, -0.15) is 15.5 Å². The molecule has 2 rings (SSSR count). The van der Waals surface area contributed by atoms with Crippen molar-refractivity contribution in [1.29, 1.82) is 5.26 Å². The molecular weight excluding hydrogens is 140 g/mol. The number of aromatic amines is 1. The molecule has 0 radical (unpaired) electrons. The van der Waals surface area contributed by atoms with E-state index in [1.165, 1.54) is 0 Å². The van der Waals surface area contributed by atoms with Crippen LogP contribution in [0.2, 0.25) is 0 Å². The summed E-state index contributed by atoms with van der Waals surface area (Å²) in [5.41, 5.74) is 1.38. The first-order valence-corrected chi connectivity index (χ1v) is 3.09. The molecule has 1 N–H and O–H groups in total. The van der Waals surface area contributed by atoms with Gasteiger partial charge in [0.1, 0.15) is 11.8 Å². The van der Waals surface area contributed by atoms with Crippen LogP contribution in [0.25, 0.3) is 10.9 Å². The summed E-state index contributed by atoms with van der Waals surface area (Å²) < 4.78 is 0. The molecule has 0 spiro atoms. The molecule has 2 aromatic rings. The number of hydrogen-bond acceptors (Lipinski definition) is 3. The monoisotopic (exact) mass is 144 g/mol. The fraction of sp³-hybridized carbons (Fsp3) is 0. The van der Waals surface area contributed by atoms with E-state index in [1.807, 2.05) is 6.07 Å². The zero-order valence-corrected chi connectivity index (χ0v) is 5.57. The summed E-state index contributed by atoms with van der Waals surface area (Å²) in [7, 11) is 0. The van der Waals surface area contributed by atoms with Crippen molar-refractivity contribution in [1.82, 2.24) is 15.2 Å². The van der Waals surface area contributed by atoms with E-state index in [-0.39, 0.29) is 0 Å². The lowest BCUT2D eigenvalue weighted by Gasteiger charge is -1.81. The Hall–Kier alpha value is -1.89. The molecule has 11 heavy (non-hydrogen) atoms. The molecule has 0 unspecified atom stereocenters. The second kappa shape index (κ2) is 2.06. The Morgan fingerprint density at radius 2 is 2.18 bits per heavy atom. The molecule has 4 nitrogen and oxygen atoms in total. The summed E-state index contributed by atoms with van der Waals surface area (Å²) in [6, 6.07) is 3.75. The highest BCUT2D eigenvalue weighted by atomic mass is 15.1. The zero-order valence-electron chi connectivity index (χ0n) is 5.57. The van der Waals surface area contributed by atoms with Crippen LogP contribution in [0.1, 0.15) is 5.69 Å². The van der Waals surface area contributed by atoms with Crippen molar-refractivity contribution in [3.05, 3.63) is 24.2 Å². The molecule has 0 fully saturated rings. The minimum atomic E-state index is 0.537. The molecule has 0 aliphatic rings. The number of nitrogens with zero attached hydrogens (tertiary/aromatic N) is 3. The smallest absolute Gasteiger partial charge is 0.118 e. The van der Waals surface area contributed by atoms with Crippen LogP contribution in [0.15, 0.2) is 18.5 Å². The average molecular weight is 144 g/mol. The molecule has 0 saturated heterocycles. The first-order chi connectivity index (χ1) is 5.40. The molecule has 2 aromatic heterocycles. The topological polar surface area (TPSA) is 65.4 Å². The molecule has 0 saturated carbocycles. The van der Waals surface area contributed by atoms with Gasteiger partial charge in [0.2, 0.25) is 0 Å². The third-order valence-electron chi connectivity index (χ3n) is 1.45. The molecule has 0 aliphatic heterocycles. The van der Waals surface area contributed by atoms with Crippen LogP contribution >= 0.6 is 0 Å². The first kappa shape index (κ1) is 5.86. The van der Waals surface area contributed by atoms with E-state index < -0.39 is 0 Å². The standard InChI is InChI=1S/C7H4N4/c8-2-6-1-5-3-9-10-4-7(5)11-6/h1,3-4,11H. The van der Waals surface area contributed by atoms with Crippen molar-refractivity contribution in [2.24, 2.45) is 0 Å². The molecule has 4 heteroatoms. The number of hydrogen-bond donors (Lipinski definition) is 1. The van der Waals surface area contributed by atoms with E-state index in [0.717, 1.165) is 10.9 Å². The Morgan fingerprint density at radius 1 is 1.36 bits per heavy atom. The summed E-state index contributed by atoms with van der Waals surface area (Å²) in [6.45, 7) is 0. The van der Waals surface area contributed by atoms with Gasteiger partial charge in [-0.1, -0.05) is 0 Å². The Balaban J connectivity index is 2.81. The molecule has 2 heterocycles. The van der Waals surface area contributed by atoms with E-state index in [2.05, 4.69) is 15.2 Å². The average Bonchev–Trinajstić information content (AvgIpc) is 2.46. The van der Waals surface area contributed by atoms with Crippen LogP contribution in [0, 0.1) is 11.3 Å². The third-order valence-corrected chi connectivity index (χ3v) is 1.45. The zero-order chi connectivity index (χ0) is 7.68. The number of rotatable bonds is 0. The predicted octanol–water partition coefficient (Wildman–Crippen LogP) is 0.830. The van der Waals surface area contributed by atoms with Crippen LogP contribution in [-0.4, -0.2) is 15.2 Å². The van der Waals surface area contributed by atoms with E-state index in [1.54, 1.807) is 18.5 Å². The van der Waals surface area contributed by atoms with Crippen LogP contribution < -0.4 is 0 Å². The van der Waals surface area contributed by atoms with E-state index in [0.29, 0.717) is 5.69 Å². The van der Waals surface area contributed by atoms with Gasteiger partial charge in [0.25, 0.3) is 0 Å². The normalized spacial score (nSPS) is 9.73. The van der Waals surface area contributed by atoms with Crippen LogP contribution in [0.4, 0.5) is 0 Å². The van der Waals surface area contributed by atoms with Gasteiger partial charge < -0.3 is 4.98 Å². The van der Waals surface area contributed by atoms with Crippen LogP contribution in [0.3, 0.4) is 0 Å². The lowest BCUT2D eigenvalue weighted by Crippen LogP contribution is -1.76. The minimum absolute atomic E-state index is 0.537. The highest BCUT2D eigenvalue weighted by Crippen LogP contribution is 2.10.